The van der Waals surface area contributed by atoms with Crippen molar-refractivity contribution in [3.05, 3.63) is 216 Å². The molecular formula is C51H40N2. The Morgan fingerprint density at radius 3 is 1.77 bits per heavy atom. The molecule has 2 N–H and O–H groups in total. The van der Waals surface area contributed by atoms with E-state index in [4.69, 9.17) is 0 Å². The fourth-order valence-corrected chi connectivity index (χ4v) is 8.01. The van der Waals surface area contributed by atoms with Crippen LogP contribution in [0.15, 0.2) is 188 Å². The van der Waals surface area contributed by atoms with E-state index in [1.165, 1.54) is 61.2 Å². The highest BCUT2D eigenvalue weighted by atomic mass is 14.8. The van der Waals surface area contributed by atoms with E-state index in [1.807, 2.05) is 6.20 Å². The minimum atomic E-state index is -0.102. The van der Waals surface area contributed by atoms with E-state index in [-0.39, 0.29) is 5.41 Å². The largest absolute Gasteiger partial charge is 0.361 e. The molecule has 0 radical (unpaired) electrons. The van der Waals surface area contributed by atoms with Crippen molar-refractivity contribution in [1.82, 2.24) is 0 Å². The van der Waals surface area contributed by atoms with Gasteiger partial charge in [0.25, 0.3) is 0 Å². The second-order valence-electron chi connectivity index (χ2n) is 14.3. The number of hydrogen-bond donors (Lipinski definition) is 2. The second kappa shape index (κ2) is 13.5. The van der Waals surface area contributed by atoms with Crippen LogP contribution in [0, 0.1) is 0 Å². The molecule has 0 amide bonds. The third-order valence-electron chi connectivity index (χ3n) is 10.8. The van der Waals surface area contributed by atoms with Crippen LogP contribution in [0.3, 0.4) is 0 Å². The molecule has 0 aromatic heterocycles. The lowest BCUT2D eigenvalue weighted by Crippen LogP contribution is -2.15. The Morgan fingerprint density at radius 2 is 1.06 bits per heavy atom. The smallest absolute Gasteiger partial charge is 0.0459 e. The molecule has 2 nitrogen and oxygen atoms in total. The van der Waals surface area contributed by atoms with Crippen molar-refractivity contribution in [3.8, 4) is 33.4 Å². The molecule has 9 rings (SSSR count). The zero-order valence-corrected chi connectivity index (χ0v) is 30.0. The lowest BCUT2D eigenvalue weighted by molar-refractivity contribution is 0.661. The van der Waals surface area contributed by atoms with Crippen LogP contribution in [-0.2, 0) is 5.41 Å². The third kappa shape index (κ3) is 5.99. The summed E-state index contributed by atoms with van der Waals surface area (Å²) >= 11 is 0. The van der Waals surface area contributed by atoms with Gasteiger partial charge in [-0.05, 0) is 91.6 Å². The van der Waals surface area contributed by atoms with Gasteiger partial charge in [0.1, 0.15) is 0 Å². The van der Waals surface area contributed by atoms with Crippen LogP contribution < -0.4 is 10.6 Å². The van der Waals surface area contributed by atoms with E-state index in [1.54, 1.807) is 0 Å². The van der Waals surface area contributed by atoms with Crippen LogP contribution in [0.4, 0.5) is 11.4 Å². The molecule has 6 aromatic rings. The van der Waals surface area contributed by atoms with Crippen LogP contribution in [0.25, 0.3) is 56.7 Å². The maximum absolute atomic E-state index is 3.75. The number of hydrogen-bond acceptors (Lipinski definition) is 2. The average molecular weight is 681 g/mol. The van der Waals surface area contributed by atoms with Gasteiger partial charge in [-0.15, -0.1) is 0 Å². The van der Waals surface area contributed by atoms with E-state index >= 15 is 0 Å². The molecule has 0 saturated heterocycles. The molecule has 0 fully saturated rings. The molecule has 6 aromatic carbocycles. The van der Waals surface area contributed by atoms with E-state index in [0.717, 1.165) is 28.1 Å². The maximum atomic E-state index is 3.75. The van der Waals surface area contributed by atoms with Gasteiger partial charge < -0.3 is 10.6 Å². The molecule has 0 spiro atoms. The van der Waals surface area contributed by atoms with Gasteiger partial charge in [-0.1, -0.05) is 166 Å². The van der Waals surface area contributed by atoms with Gasteiger partial charge in [-0.3, -0.25) is 0 Å². The summed E-state index contributed by atoms with van der Waals surface area (Å²) in [6.45, 7) is 4.65. The Morgan fingerprint density at radius 1 is 0.453 bits per heavy atom. The predicted octanol–water partition coefficient (Wildman–Crippen LogP) is 13.4. The number of para-hydroxylation sites is 2. The highest BCUT2D eigenvalue weighted by Gasteiger charge is 2.37. The summed E-state index contributed by atoms with van der Waals surface area (Å²) in [6, 6.07) is 50.3. The number of benzene rings is 6. The minimum absolute atomic E-state index is 0.102. The summed E-state index contributed by atoms with van der Waals surface area (Å²) in [7, 11) is 0. The van der Waals surface area contributed by atoms with Gasteiger partial charge in [-0.2, -0.15) is 0 Å². The Kier molecular flexibility index (Phi) is 8.21. The first-order chi connectivity index (χ1) is 26.0. The van der Waals surface area contributed by atoms with E-state index < -0.39 is 0 Å². The molecule has 0 atom stereocenters. The molecule has 2 heterocycles. The van der Waals surface area contributed by atoms with Crippen molar-refractivity contribution in [3.63, 3.8) is 0 Å². The molecule has 53 heavy (non-hydrogen) atoms. The van der Waals surface area contributed by atoms with E-state index in [0.29, 0.717) is 0 Å². The van der Waals surface area contributed by atoms with Gasteiger partial charge in [0.2, 0.25) is 0 Å². The summed E-state index contributed by atoms with van der Waals surface area (Å²) in [5.41, 5.74) is 18.9. The predicted molar refractivity (Wildman–Crippen MR) is 227 cm³/mol. The molecule has 2 aliphatic heterocycles. The van der Waals surface area contributed by atoms with Gasteiger partial charge in [0.05, 0.1) is 0 Å². The molecule has 0 bridgehead atoms. The van der Waals surface area contributed by atoms with Crippen molar-refractivity contribution in [2.75, 3.05) is 10.6 Å². The normalized spacial score (nSPS) is 19.9. The maximum Gasteiger partial charge on any atom is 0.0459 e. The first-order valence-electron chi connectivity index (χ1n) is 18.3. The highest BCUT2D eigenvalue weighted by molar-refractivity contribution is 5.95. The van der Waals surface area contributed by atoms with Gasteiger partial charge >= 0.3 is 0 Å². The van der Waals surface area contributed by atoms with Crippen LogP contribution in [0.2, 0.25) is 0 Å². The standard InChI is InChI=1S/C51H40N2/c1-51(2)47-21-9-6-18-41(47)46-34-53-50-24-11-8-20-43(50)44-32-39(29-27-37(44)16-12-22-48(46)51)40-30-28-38-26-25-36(35-14-4-3-5-15-35)17-13-31-52-49-23-10-7-19-42(49)45(38)33-40/h3-34,52-53H,1-2H3/b16-12-,26-25-,31-13+,36-17+,46-34+,48-22+. The van der Waals surface area contributed by atoms with Crippen LogP contribution in [-0.4, -0.2) is 0 Å². The molecule has 3 aliphatic rings. The quantitative estimate of drug-likeness (QED) is 0.190. The van der Waals surface area contributed by atoms with Crippen molar-refractivity contribution < 1.29 is 0 Å². The molecule has 1 aliphatic carbocycles. The monoisotopic (exact) mass is 680 g/mol. The number of rotatable bonds is 2. The lowest BCUT2D eigenvalue weighted by atomic mass is 9.82. The summed E-state index contributed by atoms with van der Waals surface area (Å²) < 4.78 is 0. The zero-order chi connectivity index (χ0) is 35.8. The van der Waals surface area contributed by atoms with Crippen molar-refractivity contribution in [2.45, 2.75) is 19.3 Å². The number of anilines is 2. The van der Waals surface area contributed by atoms with Crippen molar-refractivity contribution in [2.24, 2.45) is 0 Å². The molecule has 0 saturated carbocycles. The SMILES string of the molecule is CC1(C)C2=C/C=C\c3ccc(-c4ccc5c(c4)-c4ccccc4N/C=C/C=C(c4ccccc4)\C=C/5)cc3-c3ccccc3N\C=C\2c2ccccc21. The molecular weight excluding hydrogens is 641 g/mol. The summed E-state index contributed by atoms with van der Waals surface area (Å²) in [4.78, 5) is 0. The minimum Gasteiger partial charge on any atom is -0.361 e. The number of allylic oxidation sites excluding steroid dienone is 8. The van der Waals surface area contributed by atoms with Crippen molar-refractivity contribution in [1.29, 1.82) is 0 Å². The van der Waals surface area contributed by atoms with E-state index in [9.17, 15) is 0 Å². The average Bonchev–Trinajstić information content (AvgIpc) is 3.38. The first-order valence-corrected chi connectivity index (χ1v) is 18.3. The van der Waals surface area contributed by atoms with Crippen molar-refractivity contribution >= 4 is 34.7 Å². The summed E-state index contributed by atoms with van der Waals surface area (Å²) in [5.74, 6) is 0. The van der Waals surface area contributed by atoms with Gasteiger partial charge in [0, 0.05) is 45.9 Å². The Balaban J connectivity index is 1.17. The molecule has 254 valence electrons. The fraction of sp³-hybridized carbons (Fsp3) is 0.0588. The highest BCUT2D eigenvalue weighted by Crippen LogP contribution is 2.50. The first kappa shape index (κ1) is 32.3. The lowest BCUT2D eigenvalue weighted by Gasteiger charge is -2.21. The Hall–Kier alpha value is -6.64. The van der Waals surface area contributed by atoms with Gasteiger partial charge in [-0.25, -0.2) is 0 Å². The van der Waals surface area contributed by atoms with Crippen LogP contribution in [0.1, 0.15) is 41.7 Å². The molecule has 0 unspecified atom stereocenters. The molecule has 2 heteroatoms. The van der Waals surface area contributed by atoms with Crippen LogP contribution >= 0.6 is 0 Å². The Labute approximate surface area is 312 Å². The van der Waals surface area contributed by atoms with Crippen LogP contribution in [0.5, 0.6) is 0 Å². The topological polar surface area (TPSA) is 24.1 Å². The van der Waals surface area contributed by atoms with E-state index in [2.05, 4.69) is 213 Å². The fourth-order valence-electron chi connectivity index (χ4n) is 8.01. The third-order valence-corrected chi connectivity index (χ3v) is 10.8. The number of nitrogens with one attached hydrogen (secondary N) is 2. The summed E-state index contributed by atoms with van der Waals surface area (Å²) in [6.07, 6.45) is 19.7. The van der Waals surface area contributed by atoms with Gasteiger partial charge in [0.15, 0.2) is 0 Å². The number of fused-ring (bicyclic) bond motifs is 9. The zero-order valence-electron chi connectivity index (χ0n) is 30.0. The Bertz CT molecular complexity index is 2570. The second-order valence-corrected chi connectivity index (χ2v) is 14.3. The summed E-state index contributed by atoms with van der Waals surface area (Å²) in [5, 5.41) is 7.31.